The van der Waals surface area contributed by atoms with Crippen molar-refractivity contribution >= 4 is 33.0 Å². The van der Waals surface area contributed by atoms with Crippen molar-refractivity contribution in [3.63, 3.8) is 0 Å². The fourth-order valence-corrected chi connectivity index (χ4v) is 2.05. The number of hydrogen-bond acceptors (Lipinski definition) is 3. The lowest BCUT2D eigenvalue weighted by Crippen LogP contribution is -2.22. The highest BCUT2D eigenvalue weighted by molar-refractivity contribution is 7.90. The molecule has 0 atom stereocenters. The van der Waals surface area contributed by atoms with Gasteiger partial charge in [-0.2, -0.15) is 0 Å². The van der Waals surface area contributed by atoms with E-state index in [1.165, 1.54) is 6.26 Å². The van der Waals surface area contributed by atoms with Gasteiger partial charge in [-0.25, -0.2) is 8.42 Å². The first-order valence-corrected chi connectivity index (χ1v) is 7.52. The van der Waals surface area contributed by atoms with E-state index < -0.39 is 9.84 Å². The average molecular weight is 282 g/mol. The van der Waals surface area contributed by atoms with Gasteiger partial charge in [0.05, 0.1) is 5.75 Å². The third kappa shape index (κ3) is 5.16. The van der Waals surface area contributed by atoms with E-state index in [2.05, 4.69) is 5.32 Å². The van der Waals surface area contributed by atoms with Crippen LogP contribution in [0.4, 0.5) is 0 Å². The van der Waals surface area contributed by atoms with E-state index in [1.54, 1.807) is 18.2 Å². The minimum Gasteiger partial charge on any atom is -0.312 e. The van der Waals surface area contributed by atoms with Crippen LogP contribution < -0.4 is 5.32 Å². The maximum atomic E-state index is 10.9. The minimum atomic E-state index is -2.92. The van der Waals surface area contributed by atoms with E-state index in [4.69, 9.17) is 23.2 Å². The molecule has 90 valence electrons. The van der Waals surface area contributed by atoms with Crippen molar-refractivity contribution in [2.24, 2.45) is 0 Å². The fourth-order valence-electron chi connectivity index (χ4n) is 1.16. The van der Waals surface area contributed by atoms with E-state index in [0.717, 1.165) is 5.56 Å². The van der Waals surface area contributed by atoms with Crippen LogP contribution >= 0.6 is 23.2 Å². The Labute approximate surface area is 106 Å². The van der Waals surface area contributed by atoms with E-state index in [0.29, 0.717) is 23.1 Å². The molecule has 0 saturated carbocycles. The van der Waals surface area contributed by atoms with Crippen LogP contribution in [0.25, 0.3) is 0 Å². The molecule has 0 fully saturated rings. The summed E-state index contributed by atoms with van der Waals surface area (Å²) in [6.07, 6.45) is 1.21. The van der Waals surface area contributed by atoms with Crippen molar-refractivity contribution in [1.82, 2.24) is 5.32 Å². The Morgan fingerprint density at radius 3 is 2.62 bits per heavy atom. The van der Waals surface area contributed by atoms with Gasteiger partial charge in [0.15, 0.2) is 0 Å². The molecule has 0 aliphatic rings. The van der Waals surface area contributed by atoms with Gasteiger partial charge in [0, 0.05) is 29.4 Å². The predicted octanol–water partition coefficient (Wildman–Crippen LogP) is 2.13. The summed E-state index contributed by atoms with van der Waals surface area (Å²) in [5.41, 5.74) is 0.864. The van der Waals surface area contributed by atoms with Crippen LogP contribution in [0, 0.1) is 0 Å². The molecule has 1 rings (SSSR count). The SMILES string of the molecule is CS(=O)(=O)CCNCc1cc(Cl)ccc1Cl. The molecular weight excluding hydrogens is 269 g/mol. The Morgan fingerprint density at radius 2 is 2.00 bits per heavy atom. The van der Waals surface area contributed by atoms with Gasteiger partial charge in [0.25, 0.3) is 0 Å². The molecule has 1 aromatic rings. The third-order valence-corrected chi connectivity index (χ3v) is 3.52. The van der Waals surface area contributed by atoms with Crippen molar-refractivity contribution in [1.29, 1.82) is 0 Å². The topological polar surface area (TPSA) is 46.2 Å². The molecule has 0 aromatic heterocycles. The summed E-state index contributed by atoms with van der Waals surface area (Å²) in [6, 6.07) is 5.19. The lowest BCUT2D eigenvalue weighted by atomic mass is 10.2. The number of rotatable bonds is 5. The zero-order valence-electron chi connectivity index (χ0n) is 8.83. The Balaban J connectivity index is 2.46. The van der Waals surface area contributed by atoms with Crippen LogP contribution in [0.2, 0.25) is 10.0 Å². The second-order valence-corrected chi connectivity index (χ2v) is 6.65. The zero-order valence-corrected chi connectivity index (χ0v) is 11.2. The van der Waals surface area contributed by atoms with Crippen LogP contribution in [0.1, 0.15) is 5.56 Å². The molecule has 0 radical (unpaired) electrons. The van der Waals surface area contributed by atoms with Crippen molar-refractivity contribution < 1.29 is 8.42 Å². The van der Waals surface area contributed by atoms with Gasteiger partial charge in [-0.1, -0.05) is 23.2 Å². The van der Waals surface area contributed by atoms with E-state index in [1.807, 2.05) is 0 Å². The molecule has 0 bridgehead atoms. The Morgan fingerprint density at radius 1 is 1.31 bits per heavy atom. The van der Waals surface area contributed by atoms with Crippen LogP contribution in [-0.4, -0.2) is 27.0 Å². The van der Waals surface area contributed by atoms with Crippen LogP contribution in [-0.2, 0) is 16.4 Å². The molecule has 0 amide bonds. The summed E-state index contributed by atoms with van der Waals surface area (Å²) in [4.78, 5) is 0. The molecule has 1 N–H and O–H groups in total. The summed E-state index contributed by atoms with van der Waals surface area (Å²) in [5, 5.41) is 4.24. The largest absolute Gasteiger partial charge is 0.312 e. The average Bonchev–Trinajstić information content (AvgIpc) is 2.16. The molecule has 3 nitrogen and oxygen atoms in total. The van der Waals surface area contributed by atoms with Gasteiger partial charge in [-0.05, 0) is 23.8 Å². The number of benzene rings is 1. The smallest absolute Gasteiger partial charge is 0.148 e. The highest BCUT2D eigenvalue weighted by atomic mass is 35.5. The van der Waals surface area contributed by atoms with Gasteiger partial charge in [0.1, 0.15) is 9.84 Å². The number of sulfone groups is 1. The van der Waals surface area contributed by atoms with Crippen LogP contribution in [0.5, 0.6) is 0 Å². The Hall–Kier alpha value is -0.290. The van der Waals surface area contributed by atoms with Gasteiger partial charge in [-0.3, -0.25) is 0 Å². The van der Waals surface area contributed by atoms with Crippen molar-refractivity contribution in [2.45, 2.75) is 6.54 Å². The van der Waals surface area contributed by atoms with Gasteiger partial charge in [0.2, 0.25) is 0 Å². The van der Waals surface area contributed by atoms with E-state index in [9.17, 15) is 8.42 Å². The summed E-state index contributed by atoms with van der Waals surface area (Å²) in [7, 11) is -2.92. The molecule has 0 aliphatic heterocycles. The van der Waals surface area contributed by atoms with Crippen LogP contribution in [0.15, 0.2) is 18.2 Å². The van der Waals surface area contributed by atoms with Crippen molar-refractivity contribution in [3.05, 3.63) is 33.8 Å². The third-order valence-electron chi connectivity index (χ3n) is 1.97. The quantitative estimate of drug-likeness (QED) is 0.841. The Bertz CT molecular complexity index is 460. The molecule has 0 saturated heterocycles. The summed E-state index contributed by atoms with van der Waals surface area (Å²) in [5.74, 6) is 0.116. The summed E-state index contributed by atoms with van der Waals surface area (Å²) < 4.78 is 21.8. The molecule has 1 aromatic carbocycles. The lowest BCUT2D eigenvalue weighted by molar-refractivity contribution is 0.596. The predicted molar refractivity (Wildman–Crippen MR) is 67.9 cm³/mol. The fraction of sp³-hybridized carbons (Fsp3) is 0.400. The van der Waals surface area contributed by atoms with Gasteiger partial charge < -0.3 is 5.32 Å². The van der Waals surface area contributed by atoms with Crippen molar-refractivity contribution in [3.8, 4) is 0 Å². The molecule has 6 heteroatoms. The molecule has 0 spiro atoms. The molecule has 0 heterocycles. The number of hydrogen-bond donors (Lipinski definition) is 1. The molecular formula is C10H13Cl2NO2S. The monoisotopic (exact) mass is 281 g/mol. The zero-order chi connectivity index (χ0) is 12.2. The molecule has 0 aliphatic carbocycles. The van der Waals surface area contributed by atoms with E-state index in [-0.39, 0.29) is 5.75 Å². The summed E-state index contributed by atoms with van der Waals surface area (Å²) >= 11 is 11.8. The summed E-state index contributed by atoms with van der Waals surface area (Å²) in [6.45, 7) is 0.913. The van der Waals surface area contributed by atoms with Gasteiger partial charge >= 0.3 is 0 Å². The maximum absolute atomic E-state index is 10.9. The molecule has 16 heavy (non-hydrogen) atoms. The van der Waals surface area contributed by atoms with Gasteiger partial charge in [-0.15, -0.1) is 0 Å². The number of nitrogens with one attached hydrogen (secondary N) is 1. The molecule has 0 unspecified atom stereocenters. The standard InChI is InChI=1S/C10H13Cl2NO2S/c1-16(14,15)5-4-13-7-8-6-9(11)2-3-10(8)12/h2-3,6,13H,4-5,7H2,1H3. The maximum Gasteiger partial charge on any atom is 0.148 e. The van der Waals surface area contributed by atoms with Crippen molar-refractivity contribution in [2.75, 3.05) is 18.6 Å². The first-order chi connectivity index (χ1) is 7.38. The normalized spacial score (nSPS) is 11.7. The highest BCUT2D eigenvalue weighted by Gasteiger charge is 2.03. The second kappa shape index (κ2) is 5.87. The first kappa shape index (κ1) is 13.8. The first-order valence-electron chi connectivity index (χ1n) is 4.71. The van der Waals surface area contributed by atoms with Crippen LogP contribution in [0.3, 0.4) is 0 Å². The second-order valence-electron chi connectivity index (χ2n) is 3.54. The lowest BCUT2D eigenvalue weighted by Gasteiger charge is -2.06. The Kier molecular flexibility index (Phi) is 5.05. The minimum absolute atomic E-state index is 0.116. The number of halogens is 2. The highest BCUT2D eigenvalue weighted by Crippen LogP contribution is 2.20. The van der Waals surface area contributed by atoms with E-state index >= 15 is 0 Å².